The van der Waals surface area contributed by atoms with Gasteiger partial charge in [-0.3, -0.25) is 10.1 Å². The lowest BCUT2D eigenvalue weighted by Gasteiger charge is -2.19. The molecular weight excluding hydrogens is 216 g/mol. The Bertz CT molecular complexity index is 466. The Balaban J connectivity index is 2.32. The van der Waals surface area contributed by atoms with Gasteiger partial charge in [0.15, 0.2) is 0 Å². The zero-order chi connectivity index (χ0) is 12.4. The summed E-state index contributed by atoms with van der Waals surface area (Å²) in [5, 5.41) is 10.7. The number of nitro benzene ring substituents is 1. The van der Waals surface area contributed by atoms with Crippen molar-refractivity contribution in [3.8, 4) is 0 Å². The molecule has 1 aliphatic rings. The lowest BCUT2D eigenvalue weighted by atomic mass is 10.0. The van der Waals surface area contributed by atoms with Crippen molar-refractivity contribution in [3.05, 3.63) is 45.5 Å². The molecule has 0 fully saturated rings. The third kappa shape index (κ3) is 2.53. The van der Waals surface area contributed by atoms with Crippen LogP contribution < -0.4 is 0 Å². The Kier molecular flexibility index (Phi) is 3.24. The van der Waals surface area contributed by atoms with Crippen LogP contribution >= 0.6 is 0 Å². The number of aryl methyl sites for hydroxylation is 1. The van der Waals surface area contributed by atoms with E-state index in [4.69, 9.17) is 0 Å². The summed E-state index contributed by atoms with van der Waals surface area (Å²) < 4.78 is 0. The molecule has 0 aromatic heterocycles. The smallest absolute Gasteiger partial charge is 0.270 e. The molecule has 2 rings (SSSR count). The molecule has 1 unspecified atom stereocenters. The maximum Gasteiger partial charge on any atom is 0.270 e. The highest BCUT2D eigenvalue weighted by Gasteiger charge is 2.15. The zero-order valence-corrected chi connectivity index (χ0v) is 10.1. The second-order valence-electron chi connectivity index (χ2n) is 4.57. The molecule has 0 aliphatic heterocycles. The fourth-order valence-corrected chi connectivity index (χ4v) is 2.12. The summed E-state index contributed by atoms with van der Waals surface area (Å²) in [4.78, 5) is 12.5. The molecule has 90 valence electrons. The van der Waals surface area contributed by atoms with Gasteiger partial charge < -0.3 is 4.90 Å². The number of hydrogen-bond donors (Lipinski definition) is 0. The number of likely N-dealkylation sites (N-methyl/N-ethyl adjacent to an activating group) is 1. The van der Waals surface area contributed by atoms with Crippen molar-refractivity contribution in [2.24, 2.45) is 0 Å². The van der Waals surface area contributed by atoms with Gasteiger partial charge in [-0.25, -0.2) is 0 Å². The third-order valence-corrected chi connectivity index (χ3v) is 3.21. The van der Waals surface area contributed by atoms with E-state index >= 15 is 0 Å². The summed E-state index contributed by atoms with van der Waals surface area (Å²) in [6.45, 7) is 0. The maximum atomic E-state index is 10.7. The normalized spacial score (nSPS) is 18.9. The monoisotopic (exact) mass is 232 g/mol. The average molecular weight is 232 g/mol. The molecule has 0 radical (unpaired) electrons. The van der Waals surface area contributed by atoms with Crippen LogP contribution in [0.15, 0.2) is 24.3 Å². The van der Waals surface area contributed by atoms with Crippen molar-refractivity contribution in [1.82, 2.24) is 4.90 Å². The highest BCUT2D eigenvalue weighted by atomic mass is 16.6. The van der Waals surface area contributed by atoms with Crippen molar-refractivity contribution in [2.75, 3.05) is 14.1 Å². The van der Waals surface area contributed by atoms with Gasteiger partial charge in [0, 0.05) is 18.2 Å². The summed E-state index contributed by atoms with van der Waals surface area (Å²) in [5.41, 5.74) is 2.33. The summed E-state index contributed by atoms with van der Waals surface area (Å²) in [6, 6.07) is 5.52. The van der Waals surface area contributed by atoms with Gasteiger partial charge in [-0.05, 0) is 38.1 Å². The number of nitro groups is 1. The molecule has 4 nitrogen and oxygen atoms in total. The van der Waals surface area contributed by atoms with E-state index in [0.29, 0.717) is 6.04 Å². The average Bonchev–Trinajstić information content (AvgIpc) is 2.50. The lowest BCUT2D eigenvalue weighted by Crippen LogP contribution is -2.25. The van der Waals surface area contributed by atoms with Crippen LogP contribution in [0.2, 0.25) is 0 Å². The Labute approximate surface area is 101 Å². The first-order chi connectivity index (χ1) is 8.08. The van der Waals surface area contributed by atoms with Crippen LogP contribution in [0.1, 0.15) is 17.5 Å². The first kappa shape index (κ1) is 11.8. The maximum absolute atomic E-state index is 10.7. The van der Waals surface area contributed by atoms with Gasteiger partial charge in [0.05, 0.1) is 4.92 Å². The second kappa shape index (κ2) is 4.67. The number of rotatable bonds is 2. The minimum Gasteiger partial charge on any atom is -0.303 e. The molecule has 4 heteroatoms. The third-order valence-electron chi connectivity index (χ3n) is 3.21. The SMILES string of the molecule is CN(C)C1C=Cc2cc([N+](=O)[O-])ccc2CC1. The van der Waals surface area contributed by atoms with Crippen LogP contribution in [0.5, 0.6) is 0 Å². The highest BCUT2D eigenvalue weighted by Crippen LogP contribution is 2.24. The van der Waals surface area contributed by atoms with E-state index in [1.807, 2.05) is 26.2 Å². The largest absolute Gasteiger partial charge is 0.303 e. The van der Waals surface area contributed by atoms with Crippen LogP contribution in [0.25, 0.3) is 6.08 Å². The number of nitrogens with zero attached hydrogens (tertiary/aromatic N) is 2. The van der Waals surface area contributed by atoms with E-state index in [1.54, 1.807) is 12.1 Å². The molecule has 17 heavy (non-hydrogen) atoms. The van der Waals surface area contributed by atoms with Gasteiger partial charge in [-0.2, -0.15) is 0 Å². The van der Waals surface area contributed by atoms with Crippen molar-refractivity contribution >= 4 is 11.8 Å². The molecule has 1 aromatic rings. The van der Waals surface area contributed by atoms with E-state index in [2.05, 4.69) is 11.0 Å². The predicted octanol–water partition coefficient (Wildman–Crippen LogP) is 2.48. The first-order valence-corrected chi connectivity index (χ1v) is 5.70. The quantitative estimate of drug-likeness (QED) is 0.581. The van der Waals surface area contributed by atoms with Crippen LogP contribution in [-0.2, 0) is 6.42 Å². The molecular formula is C13H16N2O2. The molecule has 0 heterocycles. The Hall–Kier alpha value is -1.68. The fraction of sp³-hybridized carbons (Fsp3) is 0.385. The summed E-state index contributed by atoms with van der Waals surface area (Å²) in [6.07, 6.45) is 6.13. The van der Waals surface area contributed by atoms with Crippen molar-refractivity contribution in [1.29, 1.82) is 0 Å². The second-order valence-corrected chi connectivity index (χ2v) is 4.57. The zero-order valence-electron chi connectivity index (χ0n) is 10.1. The van der Waals surface area contributed by atoms with Gasteiger partial charge in [0.1, 0.15) is 0 Å². The molecule has 0 saturated carbocycles. The van der Waals surface area contributed by atoms with Crippen LogP contribution in [0.3, 0.4) is 0 Å². The molecule has 0 bridgehead atoms. The topological polar surface area (TPSA) is 46.4 Å². The summed E-state index contributed by atoms with van der Waals surface area (Å²) >= 11 is 0. The first-order valence-electron chi connectivity index (χ1n) is 5.70. The van der Waals surface area contributed by atoms with Crippen molar-refractivity contribution < 1.29 is 4.92 Å². The van der Waals surface area contributed by atoms with E-state index in [0.717, 1.165) is 18.4 Å². The van der Waals surface area contributed by atoms with Gasteiger partial charge >= 0.3 is 0 Å². The molecule has 0 amide bonds. The number of benzene rings is 1. The molecule has 0 spiro atoms. The van der Waals surface area contributed by atoms with Gasteiger partial charge in [0.25, 0.3) is 5.69 Å². The molecule has 0 N–H and O–H groups in total. The van der Waals surface area contributed by atoms with Gasteiger partial charge in [-0.15, -0.1) is 0 Å². The van der Waals surface area contributed by atoms with Gasteiger partial charge in [-0.1, -0.05) is 18.2 Å². The number of fused-ring (bicyclic) bond motifs is 1. The van der Waals surface area contributed by atoms with Crippen LogP contribution in [0.4, 0.5) is 5.69 Å². The van der Waals surface area contributed by atoms with Crippen LogP contribution in [-0.4, -0.2) is 30.0 Å². The summed E-state index contributed by atoms with van der Waals surface area (Å²) in [7, 11) is 4.10. The molecule has 1 atom stereocenters. The van der Waals surface area contributed by atoms with E-state index in [-0.39, 0.29) is 10.6 Å². The summed E-state index contributed by atoms with van der Waals surface area (Å²) in [5.74, 6) is 0. The van der Waals surface area contributed by atoms with Crippen molar-refractivity contribution in [2.45, 2.75) is 18.9 Å². The predicted molar refractivity (Wildman–Crippen MR) is 67.9 cm³/mol. The molecule has 0 saturated heterocycles. The standard InChI is InChI=1S/C13H16N2O2/c1-14(2)12-6-3-10-4-8-13(15(16)17)9-11(10)5-7-12/h4-5,7-9,12H,3,6H2,1-2H3. The van der Waals surface area contributed by atoms with Gasteiger partial charge in [0.2, 0.25) is 0 Å². The minimum atomic E-state index is -0.345. The number of hydrogen-bond acceptors (Lipinski definition) is 3. The Morgan fingerprint density at radius 3 is 2.82 bits per heavy atom. The fourth-order valence-electron chi connectivity index (χ4n) is 2.12. The van der Waals surface area contributed by atoms with Crippen molar-refractivity contribution in [3.63, 3.8) is 0 Å². The Morgan fingerprint density at radius 2 is 2.18 bits per heavy atom. The number of non-ortho nitro benzene ring substituents is 1. The van der Waals surface area contributed by atoms with E-state index in [9.17, 15) is 10.1 Å². The van der Waals surface area contributed by atoms with Crippen LogP contribution in [0, 0.1) is 10.1 Å². The minimum absolute atomic E-state index is 0.164. The molecule has 1 aliphatic carbocycles. The highest BCUT2D eigenvalue weighted by molar-refractivity contribution is 5.59. The lowest BCUT2D eigenvalue weighted by molar-refractivity contribution is -0.384. The van der Waals surface area contributed by atoms with E-state index < -0.39 is 0 Å². The molecule has 1 aromatic carbocycles. The van der Waals surface area contributed by atoms with E-state index in [1.165, 1.54) is 5.56 Å². The Morgan fingerprint density at radius 1 is 1.41 bits per heavy atom.